The fourth-order valence-electron chi connectivity index (χ4n) is 1.34. The minimum atomic E-state index is -4.43. The molecule has 0 radical (unpaired) electrons. The van der Waals surface area contributed by atoms with E-state index in [1.807, 2.05) is 0 Å². The Morgan fingerprint density at radius 2 is 2.11 bits per heavy atom. The lowest BCUT2D eigenvalue weighted by Crippen LogP contribution is -2.31. The molecule has 0 spiro atoms. The monoisotopic (exact) mass is 276 g/mol. The first-order valence-corrected chi connectivity index (χ1v) is 5.99. The van der Waals surface area contributed by atoms with Gasteiger partial charge in [-0.15, -0.1) is 0 Å². The van der Waals surface area contributed by atoms with Crippen molar-refractivity contribution in [3.63, 3.8) is 0 Å². The number of pyridine rings is 1. The molecule has 1 aromatic rings. The molecule has 0 saturated heterocycles. The van der Waals surface area contributed by atoms with Crippen LogP contribution in [0.25, 0.3) is 0 Å². The topological polar surface area (TPSA) is 57.4 Å². The van der Waals surface area contributed by atoms with Gasteiger partial charge >= 0.3 is 6.18 Å². The third-order valence-electron chi connectivity index (χ3n) is 2.78. The minimum absolute atomic E-state index is 0.124. The summed E-state index contributed by atoms with van der Waals surface area (Å²) in [6.07, 6.45) is -4.17. The van der Waals surface area contributed by atoms with Crippen molar-refractivity contribution in [3.05, 3.63) is 12.1 Å². The van der Waals surface area contributed by atoms with Crippen molar-refractivity contribution in [2.45, 2.75) is 32.0 Å². The average Bonchev–Trinajstić information content (AvgIpc) is 3.12. The lowest BCUT2D eigenvalue weighted by atomic mass is 10.4. The van der Waals surface area contributed by atoms with Crippen LogP contribution in [0.5, 0.6) is 11.8 Å². The number of hydrogen-bond acceptors (Lipinski definition) is 4. The summed E-state index contributed by atoms with van der Waals surface area (Å²) in [5.41, 5.74) is 5.93. The largest absolute Gasteiger partial charge is 0.476 e. The van der Waals surface area contributed by atoms with Crippen molar-refractivity contribution in [2.24, 2.45) is 5.92 Å². The molecule has 2 N–H and O–H groups in total. The molecule has 4 nitrogen and oxygen atoms in total. The summed E-state index contributed by atoms with van der Waals surface area (Å²) < 4.78 is 47.2. The van der Waals surface area contributed by atoms with Crippen LogP contribution in [0.4, 0.5) is 18.9 Å². The number of nitrogen functional groups attached to an aromatic ring is 1. The van der Waals surface area contributed by atoms with Gasteiger partial charge in [-0.3, -0.25) is 0 Å². The van der Waals surface area contributed by atoms with Crippen molar-refractivity contribution in [2.75, 3.05) is 12.3 Å². The maximum absolute atomic E-state index is 12.4. The zero-order chi connectivity index (χ0) is 14.0. The van der Waals surface area contributed by atoms with Crippen molar-refractivity contribution in [1.82, 2.24) is 4.98 Å². The number of halogens is 3. The third kappa shape index (κ3) is 3.90. The molecule has 1 fully saturated rings. The molecule has 1 heterocycles. The lowest BCUT2D eigenvalue weighted by Gasteiger charge is -2.17. The Hall–Kier alpha value is -1.66. The normalized spacial score (nSPS) is 17.1. The van der Waals surface area contributed by atoms with Gasteiger partial charge in [-0.1, -0.05) is 0 Å². The van der Waals surface area contributed by atoms with Gasteiger partial charge in [-0.05, 0) is 31.7 Å². The fourth-order valence-corrected chi connectivity index (χ4v) is 1.34. The molecule has 19 heavy (non-hydrogen) atoms. The zero-order valence-electron chi connectivity index (χ0n) is 10.4. The second kappa shape index (κ2) is 5.14. The molecule has 0 amide bonds. The van der Waals surface area contributed by atoms with Gasteiger partial charge in [0.1, 0.15) is 0 Å². The Balaban J connectivity index is 2.02. The molecule has 1 aromatic heterocycles. The lowest BCUT2D eigenvalue weighted by molar-refractivity contribution is -0.190. The third-order valence-corrected chi connectivity index (χ3v) is 2.78. The number of hydrogen-bond donors (Lipinski definition) is 1. The van der Waals surface area contributed by atoms with E-state index in [0.717, 1.165) is 19.8 Å². The number of ether oxygens (including phenoxy) is 2. The first-order chi connectivity index (χ1) is 8.86. The van der Waals surface area contributed by atoms with Crippen molar-refractivity contribution in [1.29, 1.82) is 0 Å². The van der Waals surface area contributed by atoms with E-state index < -0.39 is 12.3 Å². The van der Waals surface area contributed by atoms with Gasteiger partial charge in [-0.2, -0.15) is 18.2 Å². The highest BCUT2D eigenvalue weighted by Crippen LogP contribution is 2.31. The standard InChI is InChI=1S/C12H15F3N2O2/c1-7(12(13,14)15)19-10-5-4-9(16)11(17-10)18-6-8-2-3-8/h4-5,7-8H,2-3,6,16H2,1H3. The molecular formula is C12H15F3N2O2. The number of rotatable bonds is 5. The van der Waals surface area contributed by atoms with Crippen LogP contribution in [-0.4, -0.2) is 23.9 Å². The number of nitrogens with two attached hydrogens (primary N) is 1. The highest BCUT2D eigenvalue weighted by atomic mass is 19.4. The number of anilines is 1. The molecule has 1 unspecified atom stereocenters. The van der Waals surface area contributed by atoms with Crippen molar-refractivity contribution in [3.8, 4) is 11.8 Å². The average molecular weight is 276 g/mol. The van der Waals surface area contributed by atoms with Crippen molar-refractivity contribution < 1.29 is 22.6 Å². The molecule has 1 aliphatic rings. The second-order valence-electron chi connectivity index (χ2n) is 4.60. The molecule has 0 aromatic carbocycles. The van der Waals surface area contributed by atoms with E-state index in [4.69, 9.17) is 15.2 Å². The van der Waals surface area contributed by atoms with Crippen LogP contribution < -0.4 is 15.2 Å². The van der Waals surface area contributed by atoms with Gasteiger partial charge in [0.05, 0.1) is 12.3 Å². The molecule has 0 aliphatic heterocycles. The first-order valence-electron chi connectivity index (χ1n) is 5.99. The molecule has 106 valence electrons. The van der Waals surface area contributed by atoms with E-state index in [0.29, 0.717) is 12.5 Å². The number of nitrogens with zero attached hydrogens (tertiary/aromatic N) is 1. The molecule has 1 atom stereocenters. The quantitative estimate of drug-likeness (QED) is 0.898. The van der Waals surface area contributed by atoms with Crippen LogP contribution >= 0.6 is 0 Å². The molecule has 0 bridgehead atoms. The summed E-state index contributed by atoms with van der Waals surface area (Å²) >= 11 is 0. The van der Waals surface area contributed by atoms with Gasteiger partial charge < -0.3 is 15.2 Å². The van der Waals surface area contributed by atoms with Crippen LogP contribution in [0.2, 0.25) is 0 Å². The van der Waals surface area contributed by atoms with Crippen LogP contribution in [0.3, 0.4) is 0 Å². The Labute approximate surface area is 108 Å². The Morgan fingerprint density at radius 3 is 2.68 bits per heavy atom. The van der Waals surface area contributed by atoms with Gasteiger partial charge in [0.25, 0.3) is 0 Å². The predicted octanol–water partition coefficient (Wildman–Crippen LogP) is 2.78. The summed E-state index contributed by atoms with van der Waals surface area (Å²) in [7, 11) is 0. The SMILES string of the molecule is CC(Oc1ccc(N)c(OCC2CC2)n1)C(F)(F)F. The Morgan fingerprint density at radius 1 is 1.42 bits per heavy atom. The maximum atomic E-state index is 12.4. The van der Waals surface area contributed by atoms with Gasteiger partial charge in [-0.25, -0.2) is 0 Å². The van der Waals surface area contributed by atoms with Crippen LogP contribution in [-0.2, 0) is 0 Å². The number of aromatic nitrogens is 1. The smallest absolute Gasteiger partial charge is 0.425 e. The van der Waals surface area contributed by atoms with E-state index in [-0.39, 0.29) is 17.4 Å². The summed E-state index contributed by atoms with van der Waals surface area (Å²) in [4.78, 5) is 3.86. The van der Waals surface area contributed by atoms with E-state index in [2.05, 4.69) is 4.98 Å². The molecule has 1 saturated carbocycles. The Bertz CT molecular complexity index is 447. The summed E-state index contributed by atoms with van der Waals surface area (Å²) in [6, 6.07) is 2.72. The number of alkyl halides is 3. The van der Waals surface area contributed by atoms with E-state index in [1.54, 1.807) is 0 Å². The molecule has 7 heteroatoms. The fraction of sp³-hybridized carbons (Fsp3) is 0.583. The van der Waals surface area contributed by atoms with E-state index in [9.17, 15) is 13.2 Å². The molecule has 2 rings (SSSR count). The highest BCUT2D eigenvalue weighted by molar-refractivity contribution is 5.49. The van der Waals surface area contributed by atoms with Crippen LogP contribution in [0.15, 0.2) is 12.1 Å². The van der Waals surface area contributed by atoms with Crippen LogP contribution in [0.1, 0.15) is 19.8 Å². The summed E-state index contributed by atoms with van der Waals surface area (Å²) in [5.74, 6) is 0.475. The maximum Gasteiger partial charge on any atom is 0.425 e. The van der Waals surface area contributed by atoms with Gasteiger partial charge in [0, 0.05) is 6.07 Å². The van der Waals surface area contributed by atoms with Gasteiger partial charge in [0.2, 0.25) is 11.8 Å². The zero-order valence-corrected chi connectivity index (χ0v) is 10.4. The highest BCUT2D eigenvalue weighted by Gasteiger charge is 2.38. The van der Waals surface area contributed by atoms with Crippen molar-refractivity contribution >= 4 is 5.69 Å². The summed E-state index contributed by atoms with van der Waals surface area (Å²) in [6.45, 7) is 1.40. The van der Waals surface area contributed by atoms with E-state index >= 15 is 0 Å². The molecule has 1 aliphatic carbocycles. The first kappa shape index (κ1) is 13.8. The molecular weight excluding hydrogens is 261 g/mol. The van der Waals surface area contributed by atoms with Crippen LogP contribution in [0, 0.1) is 5.92 Å². The minimum Gasteiger partial charge on any atom is -0.476 e. The predicted molar refractivity (Wildman–Crippen MR) is 63.0 cm³/mol. The Kier molecular flexibility index (Phi) is 3.73. The van der Waals surface area contributed by atoms with E-state index in [1.165, 1.54) is 12.1 Å². The van der Waals surface area contributed by atoms with Gasteiger partial charge in [0.15, 0.2) is 6.10 Å². The summed E-state index contributed by atoms with van der Waals surface area (Å²) in [5, 5.41) is 0. The second-order valence-corrected chi connectivity index (χ2v) is 4.60.